The van der Waals surface area contributed by atoms with Gasteiger partial charge in [0, 0.05) is 32.7 Å². The van der Waals surface area contributed by atoms with Crippen LogP contribution in [0.5, 0.6) is 11.5 Å². The standard InChI is InChI=1S/C18H18N4O2S/c1-2-15-16(24-12-23-15)9-13(1)10-21-4-6-22(7-5-21)17-14-3-8-25-18(14)20-11-19-17/h1-3,8-9,11H,4-7,10,12H2. The number of ether oxygens (including phenoxy) is 2. The monoisotopic (exact) mass is 354 g/mol. The van der Waals surface area contributed by atoms with Gasteiger partial charge in [-0.1, -0.05) is 6.07 Å². The number of thiophene rings is 1. The van der Waals surface area contributed by atoms with Crippen LogP contribution in [0, 0.1) is 0 Å². The minimum Gasteiger partial charge on any atom is -0.454 e. The lowest BCUT2D eigenvalue weighted by molar-refractivity contribution is 0.174. The van der Waals surface area contributed by atoms with Crippen molar-refractivity contribution in [3.63, 3.8) is 0 Å². The molecule has 5 rings (SSSR count). The highest BCUT2D eigenvalue weighted by atomic mass is 32.1. The third-order valence-electron chi connectivity index (χ3n) is 4.76. The molecule has 25 heavy (non-hydrogen) atoms. The number of benzene rings is 1. The molecule has 0 unspecified atom stereocenters. The SMILES string of the molecule is c1nc(N2CCN(Cc3ccc4c(c3)OCO4)CC2)c2ccsc2n1. The molecule has 1 fully saturated rings. The Balaban J connectivity index is 1.26. The highest BCUT2D eigenvalue weighted by Gasteiger charge is 2.21. The van der Waals surface area contributed by atoms with Gasteiger partial charge in [-0.2, -0.15) is 0 Å². The van der Waals surface area contributed by atoms with Gasteiger partial charge in [-0.05, 0) is 29.1 Å². The van der Waals surface area contributed by atoms with Crippen molar-refractivity contribution in [1.82, 2.24) is 14.9 Å². The van der Waals surface area contributed by atoms with Gasteiger partial charge >= 0.3 is 0 Å². The largest absolute Gasteiger partial charge is 0.454 e. The summed E-state index contributed by atoms with van der Waals surface area (Å²) in [6.07, 6.45) is 1.67. The molecule has 2 aromatic heterocycles. The maximum Gasteiger partial charge on any atom is 0.231 e. The van der Waals surface area contributed by atoms with Crippen molar-refractivity contribution in [3.8, 4) is 11.5 Å². The van der Waals surface area contributed by atoms with Gasteiger partial charge in [0.1, 0.15) is 17.0 Å². The van der Waals surface area contributed by atoms with E-state index in [9.17, 15) is 0 Å². The molecule has 1 saturated heterocycles. The second-order valence-corrected chi connectivity index (χ2v) is 7.18. The van der Waals surface area contributed by atoms with Gasteiger partial charge in [0.05, 0.1) is 5.39 Å². The molecule has 0 atom stereocenters. The van der Waals surface area contributed by atoms with Crippen molar-refractivity contribution < 1.29 is 9.47 Å². The van der Waals surface area contributed by atoms with E-state index in [1.54, 1.807) is 17.7 Å². The summed E-state index contributed by atoms with van der Waals surface area (Å²) in [4.78, 5) is 14.8. The summed E-state index contributed by atoms with van der Waals surface area (Å²) in [5.74, 6) is 2.77. The van der Waals surface area contributed by atoms with Gasteiger partial charge in [0.15, 0.2) is 11.5 Å². The third kappa shape index (κ3) is 2.79. The third-order valence-corrected chi connectivity index (χ3v) is 5.58. The zero-order chi connectivity index (χ0) is 16.6. The second-order valence-electron chi connectivity index (χ2n) is 6.29. The van der Waals surface area contributed by atoms with Gasteiger partial charge < -0.3 is 14.4 Å². The van der Waals surface area contributed by atoms with Crippen LogP contribution in [0.25, 0.3) is 10.2 Å². The zero-order valence-electron chi connectivity index (χ0n) is 13.7. The highest BCUT2D eigenvalue weighted by molar-refractivity contribution is 7.16. The van der Waals surface area contributed by atoms with Crippen LogP contribution in [0.4, 0.5) is 5.82 Å². The molecule has 0 bridgehead atoms. The Morgan fingerprint density at radius 2 is 1.88 bits per heavy atom. The maximum atomic E-state index is 5.47. The summed E-state index contributed by atoms with van der Waals surface area (Å²) in [6, 6.07) is 8.34. The quantitative estimate of drug-likeness (QED) is 0.721. The molecular formula is C18H18N4O2S. The van der Waals surface area contributed by atoms with Crippen LogP contribution in [-0.4, -0.2) is 47.8 Å². The smallest absolute Gasteiger partial charge is 0.231 e. The lowest BCUT2D eigenvalue weighted by atomic mass is 10.1. The topological polar surface area (TPSA) is 50.7 Å². The minimum atomic E-state index is 0.327. The van der Waals surface area contributed by atoms with Gasteiger partial charge in [-0.25, -0.2) is 9.97 Å². The maximum absolute atomic E-state index is 5.47. The molecule has 0 amide bonds. The van der Waals surface area contributed by atoms with Crippen LogP contribution >= 0.6 is 11.3 Å². The molecule has 2 aliphatic heterocycles. The number of anilines is 1. The average Bonchev–Trinajstić information content (AvgIpc) is 3.31. The van der Waals surface area contributed by atoms with E-state index in [1.807, 2.05) is 6.07 Å². The fourth-order valence-corrected chi connectivity index (χ4v) is 4.17. The number of aromatic nitrogens is 2. The summed E-state index contributed by atoms with van der Waals surface area (Å²) < 4.78 is 10.9. The van der Waals surface area contributed by atoms with Gasteiger partial charge in [0.25, 0.3) is 0 Å². The van der Waals surface area contributed by atoms with Crippen LogP contribution < -0.4 is 14.4 Å². The van der Waals surface area contributed by atoms with E-state index in [-0.39, 0.29) is 0 Å². The number of fused-ring (bicyclic) bond motifs is 2. The first-order chi connectivity index (χ1) is 12.4. The van der Waals surface area contributed by atoms with E-state index < -0.39 is 0 Å². The van der Waals surface area contributed by atoms with Crippen LogP contribution in [0.3, 0.4) is 0 Å². The number of hydrogen-bond acceptors (Lipinski definition) is 7. The van der Waals surface area contributed by atoms with Crippen molar-refractivity contribution in [2.75, 3.05) is 37.9 Å². The molecule has 2 aliphatic rings. The first-order valence-corrected chi connectivity index (χ1v) is 9.29. The highest BCUT2D eigenvalue weighted by Crippen LogP contribution is 2.33. The fraction of sp³-hybridized carbons (Fsp3) is 0.333. The van der Waals surface area contributed by atoms with E-state index >= 15 is 0 Å². The van der Waals surface area contributed by atoms with Gasteiger partial charge in [0.2, 0.25) is 6.79 Å². The Morgan fingerprint density at radius 3 is 2.80 bits per heavy atom. The van der Waals surface area contributed by atoms with Crippen LogP contribution in [0.1, 0.15) is 5.56 Å². The Hall–Kier alpha value is -2.38. The number of piperazine rings is 1. The molecule has 6 nitrogen and oxygen atoms in total. The van der Waals surface area contributed by atoms with Gasteiger partial charge in [-0.3, -0.25) is 4.90 Å². The molecule has 3 aromatic rings. The number of hydrogen-bond donors (Lipinski definition) is 0. The molecule has 0 aliphatic carbocycles. The van der Waals surface area contributed by atoms with E-state index in [0.29, 0.717) is 6.79 Å². The first-order valence-electron chi connectivity index (χ1n) is 8.41. The number of nitrogens with zero attached hydrogens (tertiary/aromatic N) is 4. The Bertz CT molecular complexity index is 905. The van der Waals surface area contributed by atoms with Crippen molar-refractivity contribution in [2.24, 2.45) is 0 Å². The lowest BCUT2D eigenvalue weighted by Gasteiger charge is -2.35. The van der Waals surface area contributed by atoms with E-state index in [0.717, 1.165) is 60.3 Å². The van der Waals surface area contributed by atoms with Crippen molar-refractivity contribution in [2.45, 2.75) is 6.54 Å². The second kappa shape index (κ2) is 6.16. The summed E-state index contributed by atoms with van der Waals surface area (Å²) in [6.45, 7) is 5.25. The number of rotatable bonds is 3. The van der Waals surface area contributed by atoms with E-state index in [1.165, 1.54) is 5.56 Å². The van der Waals surface area contributed by atoms with Crippen LogP contribution in [-0.2, 0) is 6.54 Å². The molecular weight excluding hydrogens is 336 g/mol. The Labute approximate surface area is 149 Å². The summed E-state index contributed by atoms with van der Waals surface area (Å²) in [5.41, 5.74) is 1.26. The van der Waals surface area contributed by atoms with Crippen molar-refractivity contribution in [3.05, 3.63) is 41.5 Å². The predicted octanol–water partition coefficient (Wildman–Crippen LogP) is 2.74. The lowest BCUT2D eigenvalue weighted by Crippen LogP contribution is -2.46. The van der Waals surface area contributed by atoms with Crippen molar-refractivity contribution in [1.29, 1.82) is 0 Å². The molecule has 0 saturated carbocycles. The average molecular weight is 354 g/mol. The molecule has 128 valence electrons. The predicted molar refractivity (Wildman–Crippen MR) is 97.5 cm³/mol. The zero-order valence-corrected chi connectivity index (χ0v) is 14.5. The summed E-state index contributed by atoms with van der Waals surface area (Å²) in [5, 5.41) is 3.25. The first kappa shape index (κ1) is 14.9. The summed E-state index contributed by atoms with van der Waals surface area (Å²) >= 11 is 1.67. The molecule has 0 N–H and O–H groups in total. The van der Waals surface area contributed by atoms with Crippen LogP contribution in [0.2, 0.25) is 0 Å². The molecule has 0 spiro atoms. The Kier molecular flexibility index (Phi) is 3.68. The molecule has 1 aromatic carbocycles. The summed E-state index contributed by atoms with van der Waals surface area (Å²) in [7, 11) is 0. The normalized spacial score (nSPS) is 17.4. The van der Waals surface area contributed by atoms with E-state index in [2.05, 4.69) is 43.3 Å². The Morgan fingerprint density at radius 1 is 1.00 bits per heavy atom. The van der Waals surface area contributed by atoms with Crippen molar-refractivity contribution >= 4 is 27.4 Å². The van der Waals surface area contributed by atoms with E-state index in [4.69, 9.17) is 9.47 Å². The molecule has 0 radical (unpaired) electrons. The van der Waals surface area contributed by atoms with Crippen LogP contribution in [0.15, 0.2) is 36.0 Å². The molecule has 4 heterocycles. The fourth-order valence-electron chi connectivity index (χ4n) is 3.44. The molecule has 7 heteroatoms. The van der Waals surface area contributed by atoms with Gasteiger partial charge in [-0.15, -0.1) is 11.3 Å². The minimum absolute atomic E-state index is 0.327.